The van der Waals surface area contributed by atoms with Crippen LogP contribution in [0.1, 0.15) is 12.0 Å². The smallest absolute Gasteiger partial charge is 0.311 e. The monoisotopic (exact) mass is 217 g/mol. The molecule has 3 nitrogen and oxygen atoms in total. The second-order valence-electron chi connectivity index (χ2n) is 5.02. The number of nitrogens with zero attached hydrogens (tertiary/aromatic N) is 1. The van der Waals surface area contributed by atoms with Crippen molar-refractivity contribution in [3.63, 3.8) is 0 Å². The zero-order valence-corrected chi connectivity index (χ0v) is 9.10. The normalized spacial score (nSPS) is 32.4. The minimum absolute atomic E-state index is 0.394. The molecule has 1 aromatic rings. The molecule has 1 aromatic carbocycles. The zero-order valence-electron chi connectivity index (χ0n) is 9.10. The standard InChI is InChI=1S/C13H15NO2/c15-12(16)13-6-11(13)8-14(9-13)7-10-4-2-1-3-5-10/h1-5,11H,6-9H2,(H,15,16)/t11-,13-/m0/s1. The van der Waals surface area contributed by atoms with Crippen LogP contribution in [0.3, 0.4) is 0 Å². The van der Waals surface area contributed by atoms with Crippen LogP contribution in [0.25, 0.3) is 0 Å². The van der Waals surface area contributed by atoms with Crippen LogP contribution in [0.5, 0.6) is 0 Å². The Hall–Kier alpha value is -1.35. The van der Waals surface area contributed by atoms with Crippen molar-refractivity contribution in [1.29, 1.82) is 0 Å². The molecule has 84 valence electrons. The molecule has 0 spiro atoms. The van der Waals surface area contributed by atoms with Crippen LogP contribution in [-0.4, -0.2) is 29.1 Å². The largest absolute Gasteiger partial charge is 0.481 e. The highest BCUT2D eigenvalue weighted by Crippen LogP contribution is 2.58. The van der Waals surface area contributed by atoms with Crippen LogP contribution >= 0.6 is 0 Å². The van der Waals surface area contributed by atoms with Gasteiger partial charge in [0.05, 0.1) is 5.41 Å². The highest BCUT2D eigenvalue weighted by molar-refractivity contribution is 5.79. The van der Waals surface area contributed by atoms with Gasteiger partial charge in [-0.3, -0.25) is 9.69 Å². The maximum atomic E-state index is 11.1. The molecule has 1 aliphatic carbocycles. The van der Waals surface area contributed by atoms with Gasteiger partial charge in [-0.2, -0.15) is 0 Å². The van der Waals surface area contributed by atoms with Crippen molar-refractivity contribution in [2.45, 2.75) is 13.0 Å². The predicted molar refractivity (Wildman–Crippen MR) is 59.9 cm³/mol. The summed E-state index contributed by atoms with van der Waals surface area (Å²) < 4.78 is 0. The second kappa shape index (κ2) is 3.32. The number of carboxylic acid groups (broad SMARTS) is 1. The van der Waals surface area contributed by atoms with Crippen molar-refractivity contribution in [1.82, 2.24) is 4.90 Å². The first kappa shape index (κ1) is 9.85. The highest BCUT2D eigenvalue weighted by atomic mass is 16.4. The molecule has 0 unspecified atom stereocenters. The summed E-state index contributed by atoms with van der Waals surface area (Å²) in [6.45, 7) is 2.55. The molecule has 2 fully saturated rings. The van der Waals surface area contributed by atoms with Crippen LogP contribution in [0.15, 0.2) is 30.3 Å². The van der Waals surface area contributed by atoms with Crippen molar-refractivity contribution in [3.8, 4) is 0 Å². The number of rotatable bonds is 3. The van der Waals surface area contributed by atoms with Crippen molar-refractivity contribution < 1.29 is 9.90 Å². The molecule has 1 saturated carbocycles. The number of carbonyl (C=O) groups is 1. The molecule has 1 saturated heterocycles. The summed E-state index contributed by atoms with van der Waals surface area (Å²) in [7, 11) is 0. The molecular formula is C13H15NO2. The highest BCUT2D eigenvalue weighted by Gasteiger charge is 2.65. The first-order valence-electron chi connectivity index (χ1n) is 5.70. The van der Waals surface area contributed by atoms with E-state index in [0.29, 0.717) is 5.92 Å². The van der Waals surface area contributed by atoms with Crippen molar-refractivity contribution in [2.75, 3.05) is 13.1 Å². The number of aliphatic carboxylic acids is 1. The van der Waals surface area contributed by atoms with E-state index in [4.69, 9.17) is 0 Å². The van der Waals surface area contributed by atoms with Gasteiger partial charge in [0.1, 0.15) is 0 Å². The van der Waals surface area contributed by atoms with Crippen molar-refractivity contribution in [2.24, 2.45) is 11.3 Å². The SMILES string of the molecule is O=C(O)[C@]12C[C@H]1CN(Cc1ccccc1)C2. The van der Waals surface area contributed by atoms with Gasteiger partial charge in [0.15, 0.2) is 0 Å². The van der Waals surface area contributed by atoms with Crippen molar-refractivity contribution in [3.05, 3.63) is 35.9 Å². The third kappa shape index (κ3) is 1.43. The summed E-state index contributed by atoms with van der Waals surface area (Å²) >= 11 is 0. The Kier molecular flexibility index (Phi) is 2.04. The summed E-state index contributed by atoms with van der Waals surface area (Å²) in [4.78, 5) is 13.4. The van der Waals surface area contributed by atoms with Gasteiger partial charge in [-0.1, -0.05) is 30.3 Å². The van der Waals surface area contributed by atoms with E-state index in [1.807, 2.05) is 18.2 Å². The van der Waals surface area contributed by atoms with Crippen LogP contribution in [-0.2, 0) is 11.3 Å². The Morgan fingerprint density at radius 1 is 1.44 bits per heavy atom. The molecule has 2 atom stereocenters. The molecule has 0 radical (unpaired) electrons. The van der Waals surface area contributed by atoms with Crippen LogP contribution in [0.2, 0.25) is 0 Å². The Morgan fingerprint density at radius 2 is 2.19 bits per heavy atom. The number of hydrogen-bond donors (Lipinski definition) is 1. The quantitative estimate of drug-likeness (QED) is 0.836. The number of piperidine rings is 1. The third-order valence-corrected chi connectivity index (χ3v) is 3.89. The fraction of sp³-hybridized carbons (Fsp3) is 0.462. The van der Waals surface area contributed by atoms with Gasteiger partial charge >= 0.3 is 5.97 Å². The predicted octanol–water partition coefficient (Wildman–Crippen LogP) is 1.59. The summed E-state index contributed by atoms with van der Waals surface area (Å²) in [5.74, 6) is -0.207. The molecule has 3 rings (SSSR count). The molecule has 1 aliphatic heterocycles. The lowest BCUT2D eigenvalue weighted by molar-refractivity contribution is -0.143. The van der Waals surface area contributed by atoms with E-state index >= 15 is 0 Å². The van der Waals surface area contributed by atoms with Crippen LogP contribution in [0.4, 0.5) is 0 Å². The molecule has 0 bridgehead atoms. The average molecular weight is 217 g/mol. The average Bonchev–Trinajstić information content (AvgIpc) is 2.84. The summed E-state index contributed by atoms with van der Waals surface area (Å²) in [6.07, 6.45) is 0.883. The summed E-state index contributed by atoms with van der Waals surface area (Å²) in [5.41, 5.74) is 0.874. The van der Waals surface area contributed by atoms with Gasteiger partial charge in [0.2, 0.25) is 0 Å². The Labute approximate surface area is 94.7 Å². The summed E-state index contributed by atoms with van der Waals surface area (Å²) in [6, 6.07) is 10.2. The Bertz CT molecular complexity index is 417. The van der Waals surface area contributed by atoms with E-state index in [2.05, 4.69) is 17.0 Å². The van der Waals surface area contributed by atoms with E-state index < -0.39 is 11.4 Å². The van der Waals surface area contributed by atoms with Crippen LogP contribution < -0.4 is 0 Å². The second-order valence-corrected chi connectivity index (χ2v) is 5.02. The van der Waals surface area contributed by atoms with Gasteiger partial charge in [0.25, 0.3) is 0 Å². The maximum Gasteiger partial charge on any atom is 0.311 e. The minimum Gasteiger partial charge on any atom is -0.481 e. The van der Waals surface area contributed by atoms with E-state index in [-0.39, 0.29) is 0 Å². The van der Waals surface area contributed by atoms with Gasteiger partial charge in [0, 0.05) is 19.6 Å². The Balaban J connectivity index is 1.66. The minimum atomic E-state index is -0.604. The van der Waals surface area contributed by atoms with E-state index in [1.54, 1.807) is 0 Å². The molecule has 2 aliphatic rings. The maximum absolute atomic E-state index is 11.1. The molecule has 3 heteroatoms. The zero-order chi connectivity index (χ0) is 11.2. The lowest BCUT2D eigenvalue weighted by Gasteiger charge is -2.18. The van der Waals surface area contributed by atoms with E-state index in [9.17, 15) is 9.90 Å². The molecular weight excluding hydrogens is 202 g/mol. The van der Waals surface area contributed by atoms with E-state index in [0.717, 1.165) is 26.1 Å². The number of fused-ring (bicyclic) bond motifs is 1. The lowest BCUT2D eigenvalue weighted by Crippen LogP contribution is -2.28. The topological polar surface area (TPSA) is 40.5 Å². The number of likely N-dealkylation sites (tertiary alicyclic amines) is 1. The number of benzene rings is 1. The van der Waals surface area contributed by atoms with Gasteiger partial charge in [-0.15, -0.1) is 0 Å². The fourth-order valence-electron chi connectivity index (χ4n) is 2.88. The summed E-state index contributed by atoms with van der Waals surface area (Å²) in [5, 5.41) is 9.17. The van der Waals surface area contributed by atoms with E-state index in [1.165, 1.54) is 5.56 Å². The molecule has 16 heavy (non-hydrogen) atoms. The van der Waals surface area contributed by atoms with Gasteiger partial charge in [-0.05, 0) is 17.9 Å². The molecule has 1 heterocycles. The Morgan fingerprint density at radius 3 is 2.81 bits per heavy atom. The van der Waals surface area contributed by atoms with Crippen molar-refractivity contribution >= 4 is 5.97 Å². The number of carboxylic acids is 1. The third-order valence-electron chi connectivity index (χ3n) is 3.89. The first-order chi connectivity index (χ1) is 7.71. The van der Waals surface area contributed by atoms with Gasteiger partial charge in [-0.25, -0.2) is 0 Å². The molecule has 0 amide bonds. The molecule has 0 aromatic heterocycles. The fourth-order valence-corrected chi connectivity index (χ4v) is 2.88. The molecule has 1 N–H and O–H groups in total. The first-order valence-corrected chi connectivity index (χ1v) is 5.70. The van der Waals surface area contributed by atoms with Gasteiger partial charge < -0.3 is 5.11 Å². The number of hydrogen-bond acceptors (Lipinski definition) is 2. The van der Waals surface area contributed by atoms with Crippen LogP contribution in [0, 0.1) is 11.3 Å². The lowest BCUT2D eigenvalue weighted by atomic mass is 10.1.